The first-order valence-electron chi connectivity index (χ1n) is 13.2. The third-order valence-corrected chi connectivity index (χ3v) is 6.85. The lowest BCUT2D eigenvalue weighted by atomic mass is 9.83. The Morgan fingerprint density at radius 3 is 1.90 bits per heavy atom. The van der Waals surface area contributed by atoms with Gasteiger partial charge in [0.25, 0.3) is 5.91 Å². The lowest BCUT2D eigenvalue weighted by molar-refractivity contribution is -0.132. The van der Waals surface area contributed by atoms with E-state index in [-0.39, 0.29) is 11.9 Å². The zero-order valence-corrected chi connectivity index (χ0v) is 24.0. The van der Waals surface area contributed by atoms with Crippen LogP contribution in [0.3, 0.4) is 0 Å². The summed E-state index contributed by atoms with van der Waals surface area (Å²) >= 11 is 0. The van der Waals surface area contributed by atoms with Crippen molar-refractivity contribution < 1.29 is 23.8 Å². The molecule has 1 heterocycles. The maximum absolute atomic E-state index is 14.0. The molecule has 0 aliphatic carbocycles. The van der Waals surface area contributed by atoms with E-state index in [0.717, 1.165) is 28.2 Å². The molecule has 8 nitrogen and oxygen atoms in total. The van der Waals surface area contributed by atoms with Crippen LogP contribution in [0.25, 0.3) is 0 Å². The molecule has 2 amide bonds. The predicted octanol–water partition coefficient (Wildman–Crippen LogP) is 5.49. The van der Waals surface area contributed by atoms with Crippen LogP contribution in [0.5, 0.6) is 11.5 Å². The summed E-state index contributed by atoms with van der Waals surface area (Å²) in [4.78, 5) is 34.0. The van der Waals surface area contributed by atoms with Gasteiger partial charge in [-0.15, -0.1) is 4.99 Å². The van der Waals surface area contributed by atoms with Crippen LogP contribution in [0.15, 0.2) is 83.9 Å². The number of rotatable bonds is 8. The SMILES string of the molecule is COc1ccc(C[C@@]2(Cc3ccc(OCc4ccccc4)cc3)C(=O)N(C)/C(=N\C(=O)OC(C)(C)C)N2C)cc1. The molecule has 40 heavy (non-hydrogen) atoms. The number of benzene rings is 3. The van der Waals surface area contributed by atoms with Crippen LogP contribution in [0, 0.1) is 0 Å². The summed E-state index contributed by atoms with van der Waals surface area (Å²) in [6, 6.07) is 25.4. The molecule has 8 heteroatoms. The number of hydrogen-bond donors (Lipinski definition) is 0. The maximum atomic E-state index is 14.0. The van der Waals surface area contributed by atoms with E-state index in [2.05, 4.69) is 4.99 Å². The summed E-state index contributed by atoms with van der Waals surface area (Å²) in [5.74, 6) is 1.57. The van der Waals surface area contributed by atoms with Gasteiger partial charge in [-0.1, -0.05) is 54.6 Å². The molecule has 1 atom stereocenters. The smallest absolute Gasteiger partial charge is 0.437 e. The van der Waals surface area contributed by atoms with Crippen LogP contribution in [0.1, 0.15) is 37.5 Å². The second kappa shape index (κ2) is 11.8. The van der Waals surface area contributed by atoms with Gasteiger partial charge in [-0.2, -0.15) is 0 Å². The highest BCUT2D eigenvalue weighted by molar-refractivity contribution is 6.11. The molecule has 0 radical (unpaired) electrons. The van der Waals surface area contributed by atoms with E-state index in [0.29, 0.717) is 19.4 Å². The van der Waals surface area contributed by atoms with Crippen LogP contribution in [0.4, 0.5) is 4.79 Å². The summed E-state index contributed by atoms with van der Waals surface area (Å²) in [5, 5.41) is 0. The molecule has 1 aliphatic heterocycles. The number of carbonyl (C=O) groups is 2. The average Bonchev–Trinajstić information content (AvgIpc) is 3.09. The number of ether oxygens (including phenoxy) is 3. The predicted molar refractivity (Wildman–Crippen MR) is 155 cm³/mol. The van der Waals surface area contributed by atoms with Gasteiger partial charge in [0.05, 0.1) is 7.11 Å². The quantitative estimate of drug-likeness (QED) is 0.374. The Bertz CT molecular complexity index is 1350. The molecule has 0 bridgehead atoms. The van der Waals surface area contributed by atoms with E-state index >= 15 is 0 Å². The summed E-state index contributed by atoms with van der Waals surface area (Å²) in [5.41, 5.74) is 1.27. The van der Waals surface area contributed by atoms with Gasteiger partial charge in [0.2, 0.25) is 5.96 Å². The van der Waals surface area contributed by atoms with Crippen LogP contribution in [-0.2, 0) is 29.0 Å². The van der Waals surface area contributed by atoms with E-state index in [1.807, 2.05) is 78.9 Å². The van der Waals surface area contributed by atoms with Crippen molar-refractivity contribution in [1.29, 1.82) is 0 Å². The third kappa shape index (κ3) is 6.62. The maximum Gasteiger partial charge on any atom is 0.437 e. The second-order valence-electron chi connectivity index (χ2n) is 11.0. The lowest BCUT2D eigenvalue weighted by Gasteiger charge is -2.34. The first kappa shape index (κ1) is 28.7. The van der Waals surface area contributed by atoms with Crippen molar-refractivity contribution in [1.82, 2.24) is 9.80 Å². The fourth-order valence-corrected chi connectivity index (χ4v) is 4.79. The molecular weight excluding hydrogens is 506 g/mol. The van der Waals surface area contributed by atoms with E-state index in [1.165, 1.54) is 4.90 Å². The Kier molecular flexibility index (Phi) is 8.47. The molecule has 1 fully saturated rings. The summed E-state index contributed by atoms with van der Waals surface area (Å²) in [6.45, 7) is 5.80. The van der Waals surface area contributed by atoms with Crippen molar-refractivity contribution in [3.05, 3.63) is 95.6 Å². The second-order valence-corrected chi connectivity index (χ2v) is 11.0. The van der Waals surface area contributed by atoms with E-state index in [4.69, 9.17) is 14.2 Å². The Morgan fingerprint density at radius 1 is 0.825 bits per heavy atom. The minimum atomic E-state index is -1.02. The number of hydrogen-bond acceptors (Lipinski definition) is 5. The molecule has 3 aromatic carbocycles. The highest BCUT2D eigenvalue weighted by Gasteiger charge is 2.53. The van der Waals surface area contributed by atoms with Crippen molar-refractivity contribution >= 4 is 18.0 Å². The Balaban J connectivity index is 1.62. The highest BCUT2D eigenvalue weighted by Crippen LogP contribution is 2.34. The zero-order chi connectivity index (χ0) is 28.9. The minimum Gasteiger partial charge on any atom is -0.497 e. The third-order valence-electron chi connectivity index (χ3n) is 6.85. The zero-order valence-electron chi connectivity index (χ0n) is 24.0. The van der Waals surface area contributed by atoms with Gasteiger partial charge in [0.1, 0.15) is 29.2 Å². The number of likely N-dealkylation sites (N-methyl/N-ethyl adjacent to an activating group) is 2. The number of aliphatic imine (C=N–C) groups is 1. The van der Waals surface area contributed by atoms with Crippen LogP contribution in [-0.4, -0.2) is 60.1 Å². The minimum absolute atomic E-state index is 0.155. The van der Waals surface area contributed by atoms with Crippen molar-refractivity contribution in [3.8, 4) is 11.5 Å². The fraction of sp³-hybridized carbons (Fsp3) is 0.344. The molecule has 1 saturated heterocycles. The number of amides is 2. The average molecular weight is 544 g/mol. The van der Waals surface area contributed by atoms with Gasteiger partial charge in [-0.05, 0) is 61.7 Å². The van der Waals surface area contributed by atoms with Crippen molar-refractivity contribution in [2.45, 2.75) is 51.4 Å². The van der Waals surface area contributed by atoms with Crippen molar-refractivity contribution in [2.75, 3.05) is 21.2 Å². The number of guanidine groups is 1. The van der Waals surface area contributed by atoms with Gasteiger partial charge >= 0.3 is 6.09 Å². The molecule has 0 saturated carbocycles. The summed E-state index contributed by atoms with van der Waals surface area (Å²) in [6.07, 6.45) is 0.0514. The lowest BCUT2D eigenvalue weighted by Crippen LogP contribution is -2.51. The van der Waals surface area contributed by atoms with Gasteiger partial charge in [0, 0.05) is 26.9 Å². The molecule has 210 valence electrons. The normalized spacial score (nSPS) is 18.2. The van der Waals surface area contributed by atoms with Crippen molar-refractivity contribution in [2.24, 2.45) is 4.99 Å². The van der Waals surface area contributed by atoms with Crippen LogP contribution < -0.4 is 9.47 Å². The topological polar surface area (TPSA) is 80.7 Å². The summed E-state index contributed by atoms with van der Waals surface area (Å²) in [7, 11) is 5.05. The van der Waals surface area contributed by atoms with Crippen LogP contribution in [0.2, 0.25) is 0 Å². The number of methoxy groups -OCH3 is 1. The first-order valence-corrected chi connectivity index (χ1v) is 13.2. The Morgan fingerprint density at radius 2 is 1.38 bits per heavy atom. The Hall–Kier alpha value is -4.33. The number of carbonyl (C=O) groups excluding carboxylic acids is 2. The molecule has 0 spiro atoms. The molecule has 4 rings (SSSR count). The molecular formula is C32H37N3O5. The van der Waals surface area contributed by atoms with Gasteiger partial charge in [0.15, 0.2) is 0 Å². The fourth-order valence-electron chi connectivity index (χ4n) is 4.79. The molecule has 0 unspecified atom stereocenters. The monoisotopic (exact) mass is 543 g/mol. The molecule has 1 aliphatic rings. The highest BCUT2D eigenvalue weighted by atomic mass is 16.6. The van der Waals surface area contributed by atoms with E-state index < -0.39 is 17.2 Å². The standard InChI is InChI=1S/C32H37N3O5/c1-31(2,3)40-30(37)33-29-34(4)28(36)32(35(29)5,20-23-12-16-26(38-6)17-13-23)21-24-14-18-27(19-15-24)39-22-25-10-8-7-9-11-25/h7-19H,20-22H2,1-6H3/b33-29+/t32-/m1/s1. The summed E-state index contributed by atoms with van der Waals surface area (Å²) < 4.78 is 16.7. The Labute approximate surface area is 236 Å². The van der Waals surface area contributed by atoms with Gasteiger partial charge in [-0.3, -0.25) is 9.69 Å². The van der Waals surface area contributed by atoms with E-state index in [1.54, 1.807) is 46.9 Å². The first-order chi connectivity index (χ1) is 19.0. The molecule has 0 aromatic heterocycles. The van der Waals surface area contributed by atoms with Gasteiger partial charge in [-0.25, -0.2) is 4.79 Å². The van der Waals surface area contributed by atoms with Crippen molar-refractivity contribution in [3.63, 3.8) is 0 Å². The van der Waals surface area contributed by atoms with E-state index in [9.17, 15) is 9.59 Å². The van der Waals surface area contributed by atoms with Crippen LogP contribution >= 0.6 is 0 Å². The molecule has 0 N–H and O–H groups in total. The largest absolute Gasteiger partial charge is 0.497 e. The molecule has 3 aromatic rings. The number of nitrogens with zero attached hydrogens (tertiary/aromatic N) is 3. The van der Waals surface area contributed by atoms with Gasteiger partial charge < -0.3 is 19.1 Å².